The molecule has 0 amide bonds. The summed E-state index contributed by atoms with van der Waals surface area (Å²) in [6.45, 7) is 2.73. The molecule has 20 heavy (non-hydrogen) atoms. The number of nitrogens with one attached hydrogen (secondary N) is 1. The zero-order chi connectivity index (χ0) is 14.1. The fraction of sp³-hybridized carbons (Fsp3) is 0.375. The number of hydrogen-bond donors (Lipinski definition) is 1. The summed E-state index contributed by atoms with van der Waals surface area (Å²) in [6, 6.07) is 6.22. The van der Waals surface area contributed by atoms with Crippen LogP contribution in [-0.2, 0) is 12.8 Å². The highest BCUT2D eigenvalue weighted by atomic mass is 35.5. The molecule has 3 rings (SSSR count). The third kappa shape index (κ3) is 2.43. The lowest BCUT2D eigenvalue weighted by Gasteiger charge is -2.18. The molecular weight excluding hydrogens is 274 g/mol. The number of ether oxygens (including phenoxy) is 1. The Labute approximate surface area is 123 Å². The van der Waals surface area contributed by atoms with E-state index in [4.69, 9.17) is 20.8 Å². The van der Waals surface area contributed by atoms with E-state index in [9.17, 15) is 0 Å². The van der Waals surface area contributed by atoms with Crippen LogP contribution in [0.25, 0.3) is 0 Å². The molecule has 1 atom stereocenters. The van der Waals surface area contributed by atoms with Gasteiger partial charge in [0.25, 0.3) is 0 Å². The second-order valence-electron chi connectivity index (χ2n) is 5.13. The SMILES string of the molecule is CNC(Cc1cc(Cl)cc2c1OCC2)c1ccoc1C. The van der Waals surface area contributed by atoms with Gasteiger partial charge in [0.15, 0.2) is 0 Å². The fourth-order valence-corrected chi connectivity index (χ4v) is 3.10. The zero-order valence-electron chi connectivity index (χ0n) is 11.7. The second-order valence-corrected chi connectivity index (χ2v) is 5.57. The maximum atomic E-state index is 6.22. The number of halogens is 1. The molecule has 1 aromatic heterocycles. The summed E-state index contributed by atoms with van der Waals surface area (Å²) in [5.41, 5.74) is 3.55. The summed E-state index contributed by atoms with van der Waals surface area (Å²) < 4.78 is 11.2. The van der Waals surface area contributed by atoms with Gasteiger partial charge in [-0.25, -0.2) is 0 Å². The normalized spacial score (nSPS) is 14.9. The number of benzene rings is 1. The lowest BCUT2D eigenvalue weighted by molar-refractivity contribution is 0.352. The first-order chi connectivity index (χ1) is 9.69. The molecule has 1 aliphatic heterocycles. The van der Waals surface area contributed by atoms with Gasteiger partial charge in [-0.15, -0.1) is 0 Å². The quantitative estimate of drug-likeness (QED) is 0.933. The first-order valence-corrected chi connectivity index (χ1v) is 7.22. The van der Waals surface area contributed by atoms with Crippen molar-refractivity contribution in [1.82, 2.24) is 5.32 Å². The van der Waals surface area contributed by atoms with Gasteiger partial charge in [-0.2, -0.15) is 0 Å². The van der Waals surface area contributed by atoms with E-state index >= 15 is 0 Å². The van der Waals surface area contributed by atoms with Crippen molar-refractivity contribution in [3.8, 4) is 5.75 Å². The van der Waals surface area contributed by atoms with Crippen LogP contribution < -0.4 is 10.1 Å². The smallest absolute Gasteiger partial charge is 0.125 e. The molecule has 1 aromatic carbocycles. The monoisotopic (exact) mass is 291 g/mol. The van der Waals surface area contributed by atoms with Gasteiger partial charge in [-0.05, 0) is 49.7 Å². The zero-order valence-corrected chi connectivity index (χ0v) is 12.5. The van der Waals surface area contributed by atoms with Crippen molar-refractivity contribution < 1.29 is 9.15 Å². The van der Waals surface area contributed by atoms with Crippen LogP contribution in [-0.4, -0.2) is 13.7 Å². The first-order valence-electron chi connectivity index (χ1n) is 6.84. The average Bonchev–Trinajstić information content (AvgIpc) is 3.04. The number of likely N-dealkylation sites (N-methyl/N-ethyl adjacent to an activating group) is 1. The topological polar surface area (TPSA) is 34.4 Å². The first kappa shape index (κ1) is 13.5. The third-order valence-electron chi connectivity index (χ3n) is 3.87. The number of aryl methyl sites for hydroxylation is 1. The van der Waals surface area contributed by atoms with Gasteiger partial charge >= 0.3 is 0 Å². The Balaban J connectivity index is 1.92. The van der Waals surface area contributed by atoms with Crippen molar-refractivity contribution in [2.45, 2.75) is 25.8 Å². The predicted octanol–water partition coefficient (Wildman–Crippen LogP) is 3.68. The Morgan fingerprint density at radius 2 is 2.25 bits per heavy atom. The largest absolute Gasteiger partial charge is 0.493 e. The molecule has 2 heterocycles. The number of hydrogen-bond acceptors (Lipinski definition) is 3. The van der Waals surface area contributed by atoms with Crippen LogP contribution in [0.5, 0.6) is 5.75 Å². The van der Waals surface area contributed by atoms with E-state index in [-0.39, 0.29) is 6.04 Å². The van der Waals surface area contributed by atoms with E-state index in [1.54, 1.807) is 6.26 Å². The van der Waals surface area contributed by atoms with Crippen LogP contribution in [0.15, 0.2) is 28.9 Å². The van der Waals surface area contributed by atoms with Crippen LogP contribution in [0.2, 0.25) is 5.02 Å². The van der Waals surface area contributed by atoms with Crippen molar-refractivity contribution in [3.05, 3.63) is 51.9 Å². The molecule has 1 N–H and O–H groups in total. The Morgan fingerprint density at radius 3 is 2.95 bits per heavy atom. The van der Waals surface area contributed by atoms with E-state index < -0.39 is 0 Å². The van der Waals surface area contributed by atoms with Crippen molar-refractivity contribution >= 4 is 11.6 Å². The van der Waals surface area contributed by atoms with E-state index in [1.165, 1.54) is 11.1 Å². The summed E-state index contributed by atoms with van der Waals surface area (Å²) in [4.78, 5) is 0. The standard InChI is InChI=1S/C16H18ClNO2/c1-10-14(4-6-19-10)15(18-2)9-12-8-13(17)7-11-3-5-20-16(11)12/h4,6-8,15,18H,3,5,9H2,1-2H3. The number of rotatable bonds is 4. The summed E-state index contributed by atoms with van der Waals surface area (Å²) in [6.07, 6.45) is 3.51. The summed E-state index contributed by atoms with van der Waals surface area (Å²) >= 11 is 6.22. The minimum absolute atomic E-state index is 0.195. The molecule has 106 valence electrons. The minimum Gasteiger partial charge on any atom is -0.493 e. The van der Waals surface area contributed by atoms with Gasteiger partial charge in [0, 0.05) is 23.0 Å². The van der Waals surface area contributed by atoms with Crippen molar-refractivity contribution in [1.29, 1.82) is 0 Å². The predicted molar refractivity (Wildman–Crippen MR) is 79.6 cm³/mol. The van der Waals surface area contributed by atoms with Crippen LogP contribution in [0.4, 0.5) is 0 Å². The van der Waals surface area contributed by atoms with E-state index in [0.717, 1.165) is 41.5 Å². The Morgan fingerprint density at radius 1 is 1.40 bits per heavy atom. The van der Waals surface area contributed by atoms with Crippen LogP contribution >= 0.6 is 11.6 Å². The van der Waals surface area contributed by atoms with Gasteiger partial charge in [-0.3, -0.25) is 0 Å². The molecule has 1 unspecified atom stereocenters. The van der Waals surface area contributed by atoms with Gasteiger partial charge in [0.2, 0.25) is 0 Å². The van der Waals surface area contributed by atoms with E-state index in [1.807, 2.05) is 32.2 Å². The second kappa shape index (κ2) is 5.51. The molecule has 0 bridgehead atoms. The minimum atomic E-state index is 0.195. The fourth-order valence-electron chi connectivity index (χ4n) is 2.84. The maximum absolute atomic E-state index is 6.22. The lowest BCUT2D eigenvalue weighted by atomic mass is 9.97. The molecule has 0 spiro atoms. The van der Waals surface area contributed by atoms with Crippen LogP contribution in [0.3, 0.4) is 0 Å². The Hall–Kier alpha value is -1.45. The van der Waals surface area contributed by atoms with E-state index in [2.05, 4.69) is 5.32 Å². The summed E-state index contributed by atoms with van der Waals surface area (Å²) in [5, 5.41) is 4.13. The van der Waals surface area contributed by atoms with Crippen molar-refractivity contribution in [2.24, 2.45) is 0 Å². The Bertz CT molecular complexity index is 621. The van der Waals surface area contributed by atoms with Gasteiger partial charge in [0.1, 0.15) is 11.5 Å². The molecule has 0 saturated carbocycles. The molecule has 1 aliphatic rings. The van der Waals surface area contributed by atoms with Crippen molar-refractivity contribution in [3.63, 3.8) is 0 Å². The highest BCUT2D eigenvalue weighted by molar-refractivity contribution is 6.30. The highest BCUT2D eigenvalue weighted by Crippen LogP contribution is 2.35. The van der Waals surface area contributed by atoms with Crippen molar-refractivity contribution in [2.75, 3.05) is 13.7 Å². The molecule has 0 fully saturated rings. The molecule has 0 saturated heterocycles. The summed E-state index contributed by atoms with van der Waals surface area (Å²) in [7, 11) is 1.96. The summed E-state index contributed by atoms with van der Waals surface area (Å²) in [5.74, 6) is 1.96. The molecule has 0 aliphatic carbocycles. The average molecular weight is 292 g/mol. The molecule has 0 radical (unpaired) electrons. The lowest BCUT2D eigenvalue weighted by Crippen LogP contribution is -2.19. The molecule has 3 nitrogen and oxygen atoms in total. The van der Waals surface area contributed by atoms with Crippen LogP contribution in [0, 0.1) is 6.92 Å². The molecule has 4 heteroatoms. The Kier molecular flexibility index (Phi) is 3.72. The molecular formula is C16H18ClNO2. The third-order valence-corrected chi connectivity index (χ3v) is 4.09. The maximum Gasteiger partial charge on any atom is 0.125 e. The van der Waals surface area contributed by atoms with Crippen LogP contribution in [0.1, 0.15) is 28.5 Å². The molecule has 2 aromatic rings. The van der Waals surface area contributed by atoms with Gasteiger partial charge < -0.3 is 14.5 Å². The number of furan rings is 1. The van der Waals surface area contributed by atoms with E-state index in [0.29, 0.717) is 0 Å². The highest BCUT2D eigenvalue weighted by Gasteiger charge is 2.21. The van der Waals surface area contributed by atoms with Gasteiger partial charge in [0.05, 0.1) is 12.9 Å². The van der Waals surface area contributed by atoms with Gasteiger partial charge in [-0.1, -0.05) is 11.6 Å². The number of fused-ring (bicyclic) bond motifs is 1.